The fourth-order valence-electron chi connectivity index (χ4n) is 5.64. The molecule has 1 aliphatic carbocycles. The van der Waals surface area contributed by atoms with E-state index in [0.717, 1.165) is 60.5 Å². The molecule has 208 valence electrons. The topological polar surface area (TPSA) is 110 Å². The van der Waals surface area contributed by atoms with Crippen molar-refractivity contribution in [3.8, 4) is 0 Å². The number of fused-ring (bicyclic) bond motifs is 2. The fourth-order valence-corrected chi connectivity index (χ4v) is 6.92. The lowest BCUT2D eigenvalue weighted by atomic mass is 9.81. The summed E-state index contributed by atoms with van der Waals surface area (Å²) in [5, 5.41) is 8.16. The number of halogens is 2. The Morgan fingerprint density at radius 3 is 2.64 bits per heavy atom. The molecule has 1 aromatic carbocycles. The molecule has 39 heavy (non-hydrogen) atoms. The maximum atomic E-state index is 13.3. The maximum Gasteiger partial charge on any atom is 0.280 e. The number of likely N-dealkylation sites (tertiary alicyclic amines) is 1. The van der Waals surface area contributed by atoms with Gasteiger partial charge in [-0.2, -0.15) is 0 Å². The van der Waals surface area contributed by atoms with Crippen molar-refractivity contribution >= 4 is 64.0 Å². The molecular weight excluding hydrogens is 559 g/mol. The molecule has 1 saturated heterocycles. The Labute approximate surface area is 242 Å². The van der Waals surface area contributed by atoms with E-state index in [9.17, 15) is 14.4 Å². The molecule has 3 amide bonds. The van der Waals surface area contributed by atoms with Crippen LogP contribution < -0.4 is 10.6 Å². The van der Waals surface area contributed by atoms with E-state index in [-0.39, 0.29) is 48.1 Å². The first-order valence-electron chi connectivity index (χ1n) is 13.2. The molecule has 2 fully saturated rings. The van der Waals surface area contributed by atoms with Crippen LogP contribution in [0.5, 0.6) is 0 Å². The van der Waals surface area contributed by atoms with E-state index in [0.29, 0.717) is 35.0 Å². The Bertz CT molecular complexity index is 1400. The molecule has 2 aromatic heterocycles. The summed E-state index contributed by atoms with van der Waals surface area (Å²) in [7, 11) is 2.06. The number of amides is 3. The Hall–Kier alpha value is -2.66. The third-order valence-electron chi connectivity index (χ3n) is 7.94. The van der Waals surface area contributed by atoms with Crippen molar-refractivity contribution in [3.63, 3.8) is 0 Å². The van der Waals surface area contributed by atoms with Crippen LogP contribution in [-0.2, 0) is 17.8 Å². The second-order valence-corrected chi connectivity index (χ2v) is 12.2. The number of nitrogens with one attached hydrogen (secondary N) is 3. The average molecular weight is 592 g/mol. The van der Waals surface area contributed by atoms with Crippen molar-refractivity contribution in [1.82, 2.24) is 30.4 Å². The largest absolute Gasteiger partial charge is 0.351 e. The van der Waals surface area contributed by atoms with Crippen molar-refractivity contribution in [2.45, 2.75) is 50.7 Å². The second kappa shape index (κ2) is 11.4. The van der Waals surface area contributed by atoms with Gasteiger partial charge in [-0.1, -0.05) is 11.6 Å². The monoisotopic (exact) mass is 590 g/mol. The molecule has 3 aliphatic rings. The van der Waals surface area contributed by atoms with Gasteiger partial charge < -0.3 is 25.4 Å². The summed E-state index contributed by atoms with van der Waals surface area (Å²) < 4.78 is 0. The molecule has 0 radical (unpaired) electrons. The van der Waals surface area contributed by atoms with Crippen LogP contribution in [0.3, 0.4) is 0 Å². The SMILES string of the molecule is CN1CCc2nc(C(=O)N[C@@H]3CC(C(=O)N4CCC4)CCC3NC(=O)c3cc4cc(Cl)ccc4[nH]3)sc2C1.Cl. The van der Waals surface area contributed by atoms with Crippen LogP contribution in [0.1, 0.15) is 56.5 Å². The highest BCUT2D eigenvalue weighted by Crippen LogP contribution is 2.30. The van der Waals surface area contributed by atoms with Gasteiger partial charge in [-0.05, 0) is 57.0 Å². The Morgan fingerprint density at radius 2 is 1.87 bits per heavy atom. The number of rotatable bonds is 5. The van der Waals surface area contributed by atoms with Gasteiger partial charge in [0.25, 0.3) is 11.8 Å². The van der Waals surface area contributed by atoms with Crippen LogP contribution in [0.25, 0.3) is 10.9 Å². The molecule has 4 heterocycles. The number of aromatic nitrogens is 2. The van der Waals surface area contributed by atoms with E-state index in [4.69, 9.17) is 11.6 Å². The summed E-state index contributed by atoms with van der Waals surface area (Å²) in [5.41, 5.74) is 2.26. The van der Waals surface area contributed by atoms with Crippen molar-refractivity contribution in [1.29, 1.82) is 0 Å². The molecule has 0 bridgehead atoms. The second-order valence-electron chi connectivity index (χ2n) is 10.6. The number of carbonyl (C=O) groups excluding carboxylic acids is 3. The van der Waals surface area contributed by atoms with E-state index in [1.54, 1.807) is 12.1 Å². The van der Waals surface area contributed by atoms with Crippen LogP contribution >= 0.6 is 35.3 Å². The molecular formula is C27H32Cl2N6O3S. The highest BCUT2D eigenvalue weighted by molar-refractivity contribution is 7.13. The van der Waals surface area contributed by atoms with Gasteiger partial charge in [-0.15, -0.1) is 23.7 Å². The summed E-state index contributed by atoms with van der Waals surface area (Å²) >= 11 is 7.54. The Kier molecular flexibility index (Phi) is 8.19. The molecule has 2 unspecified atom stereocenters. The lowest BCUT2D eigenvalue weighted by Crippen LogP contribution is -2.57. The molecule has 9 nitrogen and oxygen atoms in total. The standard InChI is InChI=1S/C27H31ClN6O3S.ClH/c1-33-10-7-20-23(14-33)38-26(32-20)25(36)31-21-12-15(27(37)34-8-2-9-34)3-5-19(21)30-24(35)22-13-16-11-17(28)4-6-18(16)29-22;/h4,6,11,13,15,19,21,29H,2-3,5,7-10,12,14H2,1H3,(H,30,35)(H,31,36);1H/t15?,19?,21-;/m1./s1. The zero-order valence-corrected chi connectivity index (χ0v) is 24.1. The van der Waals surface area contributed by atoms with Crippen LogP contribution in [0.4, 0.5) is 0 Å². The minimum absolute atomic E-state index is 0. The van der Waals surface area contributed by atoms with Gasteiger partial charge in [-0.3, -0.25) is 14.4 Å². The van der Waals surface area contributed by atoms with E-state index in [2.05, 4.69) is 32.5 Å². The number of H-pyrrole nitrogens is 1. The zero-order chi connectivity index (χ0) is 26.4. The predicted molar refractivity (Wildman–Crippen MR) is 154 cm³/mol. The first kappa shape index (κ1) is 27.9. The number of carbonyl (C=O) groups is 3. The molecule has 3 atom stereocenters. The number of aromatic amines is 1. The summed E-state index contributed by atoms with van der Waals surface area (Å²) in [5.74, 6) is -0.502. The Balaban J connectivity index is 0.00000308. The third-order valence-corrected chi connectivity index (χ3v) is 9.26. The number of hydrogen-bond donors (Lipinski definition) is 3. The molecule has 6 rings (SSSR count). The molecule has 3 aromatic rings. The molecule has 2 aliphatic heterocycles. The van der Waals surface area contributed by atoms with Crippen LogP contribution in [0.15, 0.2) is 24.3 Å². The van der Waals surface area contributed by atoms with E-state index in [1.807, 2.05) is 17.0 Å². The quantitative estimate of drug-likeness (QED) is 0.420. The highest BCUT2D eigenvalue weighted by atomic mass is 35.5. The van der Waals surface area contributed by atoms with E-state index < -0.39 is 0 Å². The minimum atomic E-state index is -0.377. The van der Waals surface area contributed by atoms with E-state index in [1.165, 1.54) is 11.3 Å². The molecule has 3 N–H and O–H groups in total. The molecule has 1 saturated carbocycles. The summed E-state index contributed by atoms with van der Waals surface area (Å²) in [4.78, 5) is 52.6. The van der Waals surface area contributed by atoms with E-state index >= 15 is 0 Å². The van der Waals surface area contributed by atoms with Crippen molar-refractivity contribution in [2.24, 2.45) is 5.92 Å². The maximum absolute atomic E-state index is 13.3. The predicted octanol–water partition coefficient (Wildman–Crippen LogP) is 3.62. The van der Waals surface area contributed by atoms with Gasteiger partial charge in [0, 0.05) is 65.4 Å². The smallest absolute Gasteiger partial charge is 0.280 e. The molecule has 0 spiro atoms. The first-order valence-corrected chi connectivity index (χ1v) is 14.4. The number of nitrogens with zero attached hydrogens (tertiary/aromatic N) is 3. The number of thiazole rings is 1. The van der Waals surface area contributed by atoms with Gasteiger partial charge in [0.05, 0.1) is 11.7 Å². The lowest BCUT2D eigenvalue weighted by Gasteiger charge is -2.40. The third kappa shape index (κ3) is 5.79. The summed E-state index contributed by atoms with van der Waals surface area (Å²) in [6.07, 6.45) is 3.64. The van der Waals surface area contributed by atoms with Crippen LogP contribution in [0.2, 0.25) is 5.02 Å². The Morgan fingerprint density at radius 1 is 1.08 bits per heavy atom. The summed E-state index contributed by atoms with van der Waals surface area (Å²) in [6.45, 7) is 3.32. The number of benzene rings is 1. The summed E-state index contributed by atoms with van der Waals surface area (Å²) in [6, 6.07) is 6.53. The van der Waals surface area contributed by atoms with Gasteiger partial charge in [0.2, 0.25) is 5.91 Å². The fraction of sp³-hybridized carbons (Fsp3) is 0.481. The lowest BCUT2D eigenvalue weighted by molar-refractivity contribution is -0.140. The number of hydrogen-bond acceptors (Lipinski definition) is 6. The van der Waals surface area contributed by atoms with Gasteiger partial charge >= 0.3 is 0 Å². The normalized spacial score (nSPS) is 22.9. The van der Waals surface area contributed by atoms with Gasteiger partial charge in [0.15, 0.2) is 5.01 Å². The number of likely N-dealkylation sites (N-methyl/N-ethyl adjacent to an activating group) is 1. The average Bonchev–Trinajstić information content (AvgIpc) is 3.47. The highest BCUT2D eigenvalue weighted by Gasteiger charge is 2.39. The van der Waals surface area contributed by atoms with Crippen LogP contribution in [0, 0.1) is 5.92 Å². The van der Waals surface area contributed by atoms with Crippen molar-refractivity contribution in [2.75, 3.05) is 26.7 Å². The van der Waals surface area contributed by atoms with Gasteiger partial charge in [-0.25, -0.2) is 4.98 Å². The van der Waals surface area contributed by atoms with Crippen molar-refractivity contribution < 1.29 is 14.4 Å². The minimum Gasteiger partial charge on any atom is -0.351 e. The zero-order valence-electron chi connectivity index (χ0n) is 21.7. The van der Waals surface area contributed by atoms with Gasteiger partial charge in [0.1, 0.15) is 5.69 Å². The molecule has 12 heteroatoms. The van der Waals surface area contributed by atoms with Crippen LogP contribution in [-0.4, -0.2) is 76.3 Å². The first-order chi connectivity index (χ1) is 18.3. The van der Waals surface area contributed by atoms with Crippen molar-refractivity contribution in [3.05, 3.63) is 50.6 Å².